The molecule has 5 nitrogen and oxygen atoms in total. The van der Waals surface area contributed by atoms with Crippen molar-refractivity contribution in [2.45, 2.75) is 39.7 Å². The molecule has 0 saturated carbocycles. The molecule has 1 heterocycles. The van der Waals surface area contributed by atoms with Gasteiger partial charge in [-0.2, -0.15) is 0 Å². The maximum absolute atomic E-state index is 12.0. The Morgan fingerprint density at radius 2 is 2.15 bits per heavy atom. The summed E-state index contributed by atoms with van der Waals surface area (Å²) < 4.78 is 1.99. The molecule has 0 bridgehead atoms. The molecule has 2 rings (SSSR count). The van der Waals surface area contributed by atoms with E-state index in [0.29, 0.717) is 18.8 Å². The fourth-order valence-corrected chi connectivity index (χ4v) is 2.25. The second-order valence-electron chi connectivity index (χ2n) is 4.96. The van der Waals surface area contributed by atoms with Gasteiger partial charge >= 0.3 is 0 Å². The standard InChI is InChI=1S/C15H22N4O/c1-3-5-14-18-12-9-11(16)6-7-13(12)19(14)10-15(20)17-8-4-2/h6-7,9H,3-5,8,10,16H2,1-2H3,(H,17,20). The summed E-state index contributed by atoms with van der Waals surface area (Å²) in [5.41, 5.74) is 8.32. The van der Waals surface area contributed by atoms with Gasteiger partial charge in [-0.3, -0.25) is 4.79 Å². The van der Waals surface area contributed by atoms with Gasteiger partial charge in [-0.25, -0.2) is 4.98 Å². The maximum atomic E-state index is 12.0. The van der Waals surface area contributed by atoms with E-state index < -0.39 is 0 Å². The Balaban J connectivity index is 2.33. The monoisotopic (exact) mass is 274 g/mol. The third-order valence-corrected chi connectivity index (χ3v) is 3.20. The number of nitrogens with one attached hydrogen (secondary N) is 1. The number of rotatable bonds is 6. The molecular weight excluding hydrogens is 252 g/mol. The summed E-state index contributed by atoms with van der Waals surface area (Å²) in [6.45, 7) is 5.17. The minimum atomic E-state index is 0.0281. The molecule has 20 heavy (non-hydrogen) atoms. The number of anilines is 1. The van der Waals surface area contributed by atoms with Gasteiger partial charge < -0.3 is 15.6 Å². The van der Waals surface area contributed by atoms with Crippen molar-refractivity contribution in [3.63, 3.8) is 0 Å². The SMILES string of the molecule is CCCNC(=O)Cn1c(CCC)nc2cc(N)ccc21. The van der Waals surface area contributed by atoms with Crippen LogP contribution < -0.4 is 11.1 Å². The first-order valence-corrected chi connectivity index (χ1v) is 7.17. The Labute approximate surface area is 119 Å². The van der Waals surface area contributed by atoms with Crippen LogP contribution in [0.3, 0.4) is 0 Å². The lowest BCUT2D eigenvalue weighted by Crippen LogP contribution is -2.28. The highest BCUT2D eigenvalue weighted by Gasteiger charge is 2.13. The average Bonchev–Trinajstić information content (AvgIpc) is 2.74. The number of nitrogens with zero attached hydrogens (tertiary/aromatic N) is 2. The van der Waals surface area contributed by atoms with Gasteiger partial charge in [0.05, 0.1) is 11.0 Å². The van der Waals surface area contributed by atoms with E-state index in [-0.39, 0.29) is 5.91 Å². The van der Waals surface area contributed by atoms with Crippen molar-refractivity contribution in [3.8, 4) is 0 Å². The van der Waals surface area contributed by atoms with Gasteiger partial charge in [0.25, 0.3) is 0 Å². The van der Waals surface area contributed by atoms with E-state index in [1.54, 1.807) is 0 Å². The first-order valence-electron chi connectivity index (χ1n) is 7.17. The second kappa shape index (κ2) is 6.41. The van der Waals surface area contributed by atoms with Crippen LogP contribution in [0.4, 0.5) is 5.69 Å². The highest BCUT2D eigenvalue weighted by molar-refractivity contribution is 5.83. The van der Waals surface area contributed by atoms with Crippen LogP contribution >= 0.6 is 0 Å². The number of nitrogens with two attached hydrogens (primary N) is 1. The summed E-state index contributed by atoms with van der Waals surface area (Å²) in [6, 6.07) is 5.64. The molecule has 108 valence electrons. The molecule has 3 N–H and O–H groups in total. The minimum absolute atomic E-state index is 0.0281. The number of imidazole rings is 1. The van der Waals surface area contributed by atoms with Crippen molar-refractivity contribution in [3.05, 3.63) is 24.0 Å². The van der Waals surface area contributed by atoms with Crippen LogP contribution in [0.25, 0.3) is 11.0 Å². The Kier molecular flexibility index (Phi) is 4.61. The first kappa shape index (κ1) is 14.4. The molecule has 0 aliphatic rings. The van der Waals surface area contributed by atoms with E-state index >= 15 is 0 Å². The predicted octanol–water partition coefficient (Wildman–Crippen LogP) is 2.10. The quantitative estimate of drug-likeness (QED) is 0.792. The van der Waals surface area contributed by atoms with Crippen LogP contribution in [0.1, 0.15) is 32.5 Å². The largest absolute Gasteiger partial charge is 0.399 e. The Hall–Kier alpha value is -2.04. The normalized spacial score (nSPS) is 10.9. The van der Waals surface area contributed by atoms with Crippen molar-refractivity contribution < 1.29 is 4.79 Å². The van der Waals surface area contributed by atoms with E-state index in [1.807, 2.05) is 29.7 Å². The summed E-state index contributed by atoms with van der Waals surface area (Å²) in [5.74, 6) is 0.972. The van der Waals surface area contributed by atoms with E-state index in [0.717, 1.165) is 36.1 Å². The zero-order chi connectivity index (χ0) is 14.5. The average molecular weight is 274 g/mol. The number of hydrogen-bond donors (Lipinski definition) is 2. The summed E-state index contributed by atoms with van der Waals surface area (Å²) in [4.78, 5) is 16.6. The number of hydrogen-bond acceptors (Lipinski definition) is 3. The maximum Gasteiger partial charge on any atom is 0.240 e. The minimum Gasteiger partial charge on any atom is -0.399 e. The molecule has 1 aromatic heterocycles. The van der Waals surface area contributed by atoms with Gasteiger partial charge in [-0.1, -0.05) is 13.8 Å². The van der Waals surface area contributed by atoms with E-state index in [4.69, 9.17) is 5.73 Å². The summed E-state index contributed by atoms with van der Waals surface area (Å²) in [7, 11) is 0. The number of nitrogen functional groups attached to an aromatic ring is 1. The topological polar surface area (TPSA) is 72.9 Å². The fourth-order valence-electron chi connectivity index (χ4n) is 2.25. The number of amides is 1. The molecule has 1 amide bonds. The van der Waals surface area contributed by atoms with Gasteiger partial charge in [-0.15, -0.1) is 0 Å². The molecule has 0 atom stereocenters. The molecule has 0 spiro atoms. The van der Waals surface area contributed by atoms with Crippen LogP contribution in [-0.4, -0.2) is 22.0 Å². The third-order valence-electron chi connectivity index (χ3n) is 3.20. The smallest absolute Gasteiger partial charge is 0.240 e. The second-order valence-corrected chi connectivity index (χ2v) is 4.96. The molecule has 0 fully saturated rings. The lowest BCUT2D eigenvalue weighted by Gasteiger charge is -2.09. The summed E-state index contributed by atoms with van der Waals surface area (Å²) >= 11 is 0. The van der Waals surface area contributed by atoms with Crippen molar-refractivity contribution in [2.75, 3.05) is 12.3 Å². The molecule has 1 aromatic carbocycles. The van der Waals surface area contributed by atoms with Crippen LogP contribution in [0.5, 0.6) is 0 Å². The van der Waals surface area contributed by atoms with Gasteiger partial charge in [0, 0.05) is 18.7 Å². The lowest BCUT2D eigenvalue weighted by molar-refractivity contribution is -0.121. The van der Waals surface area contributed by atoms with Crippen molar-refractivity contribution in [1.82, 2.24) is 14.9 Å². The first-order chi connectivity index (χ1) is 9.65. The van der Waals surface area contributed by atoms with Gasteiger partial charge in [0.1, 0.15) is 12.4 Å². The summed E-state index contributed by atoms with van der Waals surface area (Å²) in [6.07, 6.45) is 2.79. The number of aromatic nitrogens is 2. The van der Waals surface area contributed by atoms with Crippen LogP contribution in [-0.2, 0) is 17.8 Å². The predicted molar refractivity (Wildman–Crippen MR) is 81.4 cm³/mol. The number of carbonyl (C=O) groups is 1. The molecule has 2 aromatic rings. The Bertz CT molecular complexity index is 603. The molecular formula is C15H22N4O. The van der Waals surface area contributed by atoms with E-state index in [2.05, 4.69) is 17.2 Å². The van der Waals surface area contributed by atoms with E-state index in [1.165, 1.54) is 0 Å². The number of benzene rings is 1. The zero-order valence-electron chi connectivity index (χ0n) is 12.1. The van der Waals surface area contributed by atoms with Crippen molar-refractivity contribution >= 4 is 22.6 Å². The zero-order valence-corrected chi connectivity index (χ0v) is 12.1. The fraction of sp³-hybridized carbons (Fsp3) is 0.467. The molecule has 0 radical (unpaired) electrons. The van der Waals surface area contributed by atoms with Crippen LogP contribution in [0.2, 0.25) is 0 Å². The molecule has 0 unspecified atom stereocenters. The van der Waals surface area contributed by atoms with E-state index in [9.17, 15) is 4.79 Å². The number of aryl methyl sites for hydroxylation is 1. The molecule has 5 heteroatoms. The molecule has 0 aliphatic heterocycles. The van der Waals surface area contributed by atoms with Gasteiger partial charge in [0.15, 0.2) is 0 Å². The molecule has 0 saturated heterocycles. The van der Waals surface area contributed by atoms with Crippen LogP contribution in [0, 0.1) is 0 Å². The summed E-state index contributed by atoms with van der Waals surface area (Å²) in [5, 5.41) is 2.90. The van der Waals surface area contributed by atoms with Gasteiger partial charge in [-0.05, 0) is 31.0 Å². The Morgan fingerprint density at radius 3 is 2.85 bits per heavy atom. The lowest BCUT2D eigenvalue weighted by atomic mass is 10.3. The highest BCUT2D eigenvalue weighted by atomic mass is 16.1. The Morgan fingerprint density at radius 1 is 1.35 bits per heavy atom. The highest BCUT2D eigenvalue weighted by Crippen LogP contribution is 2.20. The van der Waals surface area contributed by atoms with Gasteiger partial charge in [0.2, 0.25) is 5.91 Å². The number of carbonyl (C=O) groups excluding carboxylic acids is 1. The third kappa shape index (κ3) is 3.10. The van der Waals surface area contributed by atoms with Crippen molar-refractivity contribution in [2.24, 2.45) is 0 Å². The molecule has 0 aliphatic carbocycles. The number of fused-ring (bicyclic) bond motifs is 1. The van der Waals surface area contributed by atoms with Crippen LogP contribution in [0.15, 0.2) is 18.2 Å². The van der Waals surface area contributed by atoms with Crippen molar-refractivity contribution in [1.29, 1.82) is 0 Å².